The van der Waals surface area contributed by atoms with Crippen molar-refractivity contribution in [2.75, 3.05) is 14.2 Å². The molecular weight excluding hydrogens is 276 g/mol. The minimum Gasteiger partial charge on any atom is -0.493 e. The summed E-state index contributed by atoms with van der Waals surface area (Å²) in [4.78, 5) is 11.2. The van der Waals surface area contributed by atoms with Crippen molar-refractivity contribution in [3.8, 4) is 11.5 Å². The maximum atomic E-state index is 11.2. The Morgan fingerprint density at radius 1 is 1.38 bits per heavy atom. The van der Waals surface area contributed by atoms with Crippen LogP contribution in [0.2, 0.25) is 0 Å². The number of halogens is 1. The number of carbonyl (C=O) groups excluding carboxylic acids is 1. The lowest BCUT2D eigenvalue weighted by molar-refractivity contribution is -0.120. The molecule has 0 unspecified atom stereocenters. The number of nitrogens with two attached hydrogens (primary N) is 1. The Morgan fingerprint density at radius 3 is 2.44 bits per heavy atom. The van der Waals surface area contributed by atoms with E-state index < -0.39 is 0 Å². The molecule has 0 aliphatic heterocycles. The summed E-state index contributed by atoms with van der Waals surface area (Å²) in [6, 6.07) is 3.48. The van der Waals surface area contributed by atoms with E-state index in [9.17, 15) is 4.79 Å². The monoisotopic (exact) mass is 288 g/mol. The summed E-state index contributed by atoms with van der Waals surface area (Å²) in [6.45, 7) is 0. The number of benzene rings is 1. The fourth-order valence-corrected chi connectivity index (χ4v) is 1.72. The smallest absolute Gasteiger partial charge is 0.238 e. The molecular formula is C10H13BrN2O3. The Morgan fingerprint density at radius 2 is 1.94 bits per heavy atom. The highest BCUT2D eigenvalue weighted by atomic mass is 79.9. The topological polar surface area (TPSA) is 73.6 Å². The van der Waals surface area contributed by atoms with E-state index in [1.54, 1.807) is 26.4 Å². The van der Waals surface area contributed by atoms with Gasteiger partial charge in [0, 0.05) is 4.47 Å². The largest absolute Gasteiger partial charge is 0.493 e. The molecule has 1 aromatic carbocycles. The second-order valence-corrected chi connectivity index (χ2v) is 3.90. The van der Waals surface area contributed by atoms with Crippen molar-refractivity contribution < 1.29 is 14.3 Å². The molecule has 0 saturated carbocycles. The van der Waals surface area contributed by atoms with E-state index in [1.165, 1.54) is 0 Å². The number of amides is 1. The average molecular weight is 289 g/mol. The van der Waals surface area contributed by atoms with Gasteiger partial charge in [0.2, 0.25) is 5.91 Å². The Labute approximate surface area is 102 Å². The van der Waals surface area contributed by atoms with Gasteiger partial charge in [-0.25, -0.2) is 5.84 Å². The molecule has 0 fully saturated rings. The molecule has 0 bridgehead atoms. The number of carbonyl (C=O) groups is 1. The van der Waals surface area contributed by atoms with Gasteiger partial charge in [0.05, 0.1) is 20.6 Å². The molecule has 0 spiro atoms. The molecule has 1 aromatic rings. The lowest BCUT2D eigenvalue weighted by atomic mass is 10.1. The molecule has 0 aromatic heterocycles. The molecule has 0 aliphatic rings. The second-order valence-electron chi connectivity index (χ2n) is 3.04. The van der Waals surface area contributed by atoms with Gasteiger partial charge < -0.3 is 9.47 Å². The molecule has 1 amide bonds. The van der Waals surface area contributed by atoms with Crippen LogP contribution in [0.15, 0.2) is 16.6 Å². The van der Waals surface area contributed by atoms with Gasteiger partial charge in [0.25, 0.3) is 0 Å². The van der Waals surface area contributed by atoms with E-state index in [4.69, 9.17) is 15.3 Å². The number of nitrogens with one attached hydrogen (secondary N) is 1. The Hall–Kier alpha value is -1.27. The zero-order chi connectivity index (χ0) is 12.1. The Bertz CT molecular complexity index is 396. The summed E-state index contributed by atoms with van der Waals surface area (Å²) in [5.74, 6) is 5.93. The number of methoxy groups -OCH3 is 2. The fourth-order valence-electron chi connectivity index (χ4n) is 1.26. The maximum absolute atomic E-state index is 11.2. The second kappa shape index (κ2) is 5.72. The molecule has 3 N–H and O–H groups in total. The van der Waals surface area contributed by atoms with Crippen LogP contribution in [0.4, 0.5) is 0 Å². The Kier molecular flexibility index (Phi) is 4.57. The van der Waals surface area contributed by atoms with Crippen molar-refractivity contribution in [3.05, 3.63) is 22.2 Å². The summed E-state index contributed by atoms with van der Waals surface area (Å²) in [6.07, 6.45) is 0.178. The average Bonchev–Trinajstić information content (AvgIpc) is 2.30. The van der Waals surface area contributed by atoms with Crippen LogP contribution in [0.1, 0.15) is 5.56 Å². The number of hydrazine groups is 1. The third-order valence-electron chi connectivity index (χ3n) is 2.06. The first-order valence-electron chi connectivity index (χ1n) is 4.52. The van der Waals surface area contributed by atoms with Crippen molar-refractivity contribution in [2.45, 2.75) is 6.42 Å². The minimum atomic E-state index is -0.270. The van der Waals surface area contributed by atoms with E-state index in [0.717, 1.165) is 10.0 Å². The fraction of sp³-hybridized carbons (Fsp3) is 0.300. The molecule has 0 heterocycles. The SMILES string of the molecule is COc1cc(Br)c(CC(=O)NN)cc1OC. The van der Waals surface area contributed by atoms with Gasteiger partial charge in [-0.15, -0.1) is 0 Å². The zero-order valence-electron chi connectivity index (χ0n) is 9.04. The maximum Gasteiger partial charge on any atom is 0.238 e. The number of hydrogen-bond donors (Lipinski definition) is 2. The molecule has 0 atom stereocenters. The third kappa shape index (κ3) is 2.86. The van der Waals surface area contributed by atoms with E-state index in [2.05, 4.69) is 21.4 Å². The van der Waals surface area contributed by atoms with E-state index >= 15 is 0 Å². The number of ether oxygens (including phenoxy) is 2. The molecule has 0 aliphatic carbocycles. The highest BCUT2D eigenvalue weighted by Crippen LogP contribution is 2.33. The molecule has 5 nitrogen and oxygen atoms in total. The van der Waals surface area contributed by atoms with Crippen molar-refractivity contribution in [1.29, 1.82) is 0 Å². The van der Waals surface area contributed by atoms with Crippen LogP contribution < -0.4 is 20.7 Å². The summed E-state index contributed by atoms with van der Waals surface area (Å²) >= 11 is 3.35. The molecule has 6 heteroatoms. The van der Waals surface area contributed by atoms with Gasteiger partial charge in [-0.05, 0) is 17.7 Å². The van der Waals surface area contributed by atoms with Crippen LogP contribution in [0.5, 0.6) is 11.5 Å². The normalized spacial score (nSPS) is 9.75. The summed E-state index contributed by atoms with van der Waals surface area (Å²) in [7, 11) is 3.09. The van der Waals surface area contributed by atoms with Crippen LogP contribution in [0.25, 0.3) is 0 Å². The lowest BCUT2D eigenvalue weighted by Gasteiger charge is -2.11. The number of rotatable bonds is 4. The van der Waals surface area contributed by atoms with Gasteiger partial charge in [-0.3, -0.25) is 10.2 Å². The van der Waals surface area contributed by atoms with Crippen molar-refractivity contribution >= 4 is 21.8 Å². The first kappa shape index (κ1) is 12.8. The highest BCUT2D eigenvalue weighted by Gasteiger charge is 2.11. The summed E-state index contributed by atoms with van der Waals surface area (Å²) in [5, 5.41) is 0. The minimum absolute atomic E-state index is 0.178. The molecule has 0 saturated heterocycles. The predicted octanol–water partition coefficient (Wildman–Crippen LogP) is 0.999. The third-order valence-corrected chi connectivity index (χ3v) is 2.80. The van der Waals surface area contributed by atoms with Crippen molar-refractivity contribution in [3.63, 3.8) is 0 Å². The van der Waals surface area contributed by atoms with Crippen LogP contribution in [0, 0.1) is 0 Å². The van der Waals surface area contributed by atoms with Crippen LogP contribution in [-0.2, 0) is 11.2 Å². The molecule has 1 rings (SSSR count). The zero-order valence-corrected chi connectivity index (χ0v) is 10.6. The molecule has 88 valence electrons. The summed E-state index contributed by atoms with van der Waals surface area (Å²) in [5.41, 5.74) is 2.85. The molecule has 16 heavy (non-hydrogen) atoms. The number of hydrogen-bond acceptors (Lipinski definition) is 4. The van der Waals surface area contributed by atoms with Crippen molar-refractivity contribution in [1.82, 2.24) is 5.43 Å². The van der Waals surface area contributed by atoms with E-state index in [1.807, 2.05) is 0 Å². The van der Waals surface area contributed by atoms with Gasteiger partial charge in [0.1, 0.15) is 0 Å². The van der Waals surface area contributed by atoms with Gasteiger partial charge >= 0.3 is 0 Å². The summed E-state index contributed by atoms with van der Waals surface area (Å²) < 4.78 is 11.0. The van der Waals surface area contributed by atoms with E-state index in [0.29, 0.717) is 11.5 Å². The van der Waals surface area contributed by atoms with Gasteiger partial charge in [0.15, 0.2) is 11.5 Å². The predicted molar refractivity (Wildman–Crippen MR) is 63.3 cm³/mol. The Balaban J connectivity index is 3.06. The standard InChI is InChI=1S/C10H13BrN2O3/c1-15-8-3-6(4-10(14)13-12)7(11)5-9(8)16-2/h3,5H,4,12H2,1-2H3,(H,13,14). The van der Waals surface area contributed by atoms with Crippen molar-refractivity contribution in [2.24, 2.45) is 5.84 Å². The van der Waals surface area contributed by atoms with E-state index in [-0.39, 0.29) is 12.3 Å². The van der Waals surface area contributed by atoms with Crippen LogP contribution >= 0.6 is 15.9 Å². The first-order valence-corrected chi connectivity index (χ1v) is 5.31. The van der Waals surface area contributed by atoms with Gasteiger partial charge in [-0.1, -0.05) is 15.9 Å². The first-order chi connectivity index (χ1) is 7.62. The quantitative estimate of drug-likeness (QED) is 0.492. The lowest BCUT2D eigenvalue weighted by Crippen LogP contribution is -2.31. The van der Waals surface area contributed by atoms with Crippen LogP contribution in [0.3, 0.4) is 0 Å². The molecule has 0 radical (unpaired) electrons. The van der Waals surface area contributed by atoms with Crippen LogP contribution in [-0.4, -0.2) is 20.1 Å². The highest BCUT2D eigenvalue weighted by molar-refractivity contribution is 9.10. The van der Waals surface area contributed by atoms with Gasteiger partial charge in [-0.2, -0.15) is 0 Å².